The average molecular weight is 282 g/mol. The van der Waals surface area contributed by atoms with E-state index in [0.717, 1.165) is 12.2 Å². The molecule has 1 atom stereocenters. The van der Waals surface area contributed by atoms with Crippen LogP contribution in [-0.2, 0) is 5.41 Å². The van der Waals surface area contributed by atoms with Crippen LogP contribution in [0.15, 0.2) is 48.5 Å². The van der Waals surface area contributed by atoms with Crippen molar-refractivity contribution in [2.24, 2.45) is 0 Å². The molecular formula is C19H26N2. The Labute approximate surface area is 128 Å². The minimum atomic E-state index is 0.181. The molecule has 112 valence electrons. The van der Waals surface area contributed by atoms with Crippen LogP contribution in [0.3, 0.4) is 0 Å². The highest BCUT2D eigenvalue weighted by Gasteiger charge is 2.13. The highest BCUT2D eigenvalue weighted by Crippen LogP contribution is 2.25. The average Bonchev–Trinajstić information content (AvgIpc) is 2.45. The lowest BCUT2D eigenvalue weighted by Gasteiger charge is -2.21. The van der Waals surface area contributed by atoms with Crippen molar-refractivity contribution in [2.45, 2.75) is 39.0 Å². The summed E-state index contributed by atoms with van der Waals surface area (Å²) in [6.07, 6.45) is 0. The fourth-order valence-corrected chi connectivity index (χ4v) is 2.31. The zero-order valence-electron chi connectivity index (χ0n) is 13.5. The second-order valence-electron chi connectivity index (χ2n) is 6.78. The van der Waals surface area contributed by atoms with Gasteiger partial charge in [-0.05, 0) is 46.7 Å². The van der Waals surface area contributed by atoms with Crippen molar-refractivity contribution in [2.75, 3.05) is 17.6 Å². The van der Waals surface area contributed by atoms with Gasteiger partial charge in [-0.3, -0.25) is 0 Å². The summed E-state index contributed by atoms with van der Waals surface area (Å²) in [7, 11) is 0. The number of hydrogen-bond acceptors (Lipinski definition) is 2. The maximum Gasteiger partial charge on any atom is 0.0343 e. The van der Waals surface area contributed by atoms with Crippen LogP contribution in [0.4, 0.5) is 11.4 Å². The van der Waals surface area contributed by atoms with Gasteiger partial charge >= 0.3 is 0 Å². The van der Waals surface area contributed by atoms with Gasteiger partial charge in [-0.1, -0.05) is 52.0 Å². The first-order valence-electron chi connectivity index (χ1n) is 7.56. The third kappa shape index (κ3) is 4.25. The molecule has 2 aromatic rings. The van der Waals surface area contributed by atoms with Gasteiger partial charge in [0.25, 0.3) is 0 Å². The molecule has 0 saturated heterocycles. The van der Waals surface area contributed by atoms with Crippen molar-refractivity contribution in [1.82, 2.24) is 0 Å². The molecule has 1 unspecified atom stereocenters. The number of nitrogens with two attached hydrogens (primary N) is 1. The van der Waals surface area contributed by atoms with Crippen molar-refractivity contribution in [3.05, 3.63) is 59.7 Å². The number of hydrogen-bond donors (Lipinski definition) is 2. The standard InChI is InChI=1S/C19H26N2/c1-14(15-8-10-17(20)11-9-15)13-21-18-7-5-6-16(12-18)19(2,3)4/h5-12,14,21H,13,20H2,1-4H3. The van der Waals surface area contributed by atoms with Crippen LogP contribution < -0.4 is 11.1 Å². The van der Waals surface area contributed by atoms with Gasteiger partial charge in [-0.25, -0.2) is 0 Å². The van der Waals surface area contributed by atoms with E-state index in [1.807, 2.05) is 12.1 Å². The van der Waals surface area contributed by atoms with E-state index in [2.05, 4.69) is 69.4 Å². The van der Waals surface area contributed by atoms with Gasteiger partial charge < -0.3 is 11.1 Å². The third-order valence-electron chi connectivity index (χ3n) is 3.85. The molecule has 0 heterocycles. The summed E-state index contributed by atoms with van der Waals surface area (Å²) in [5, 5.41) is 3.54. The van der Waals surface area contributed by atoms with Gasteiger partial charge in [0.15, 0.2) is 0 Å². The van der Waals surface area contributed by atoms with Crippen molar-refractivity contribution >= 4 is 11.4 Å². The molecule has 0 fully saturated rings. The second kappa shape index (κ2) is 6.21. The Hall–Kier alpha value is -1.96. The molecule has 0 radical (unpaired) electrons. The van der Waals surface area contributed by atoms with Crippen molar-refractivity contribution in [1.29, 1.82) is 0 Å². The topological polar surface area (TPSA) is 38.0 Å². The summed E-state index contributed by atoms with van der Waals surface area (Å²) in [6.45, 7) is 9.86. The van der Waals surface area contributed by atoms with E-state index in [-0.39, 0.29) is 5.41 Å². The van der Waals surface area contributed by atoms with Gasteiger partial charge in [-0.15, -0.1) is 0 Å². The SMILES string of the molecule is CC(CNc1cccc(C(C)(C)C)c1)c1ccc(N)cc1. The van der Waals surface area contributed by atoms with Gasteiger partial charge in [-0.2, -0.15) is 0 Å². The lowest BCUT2D eigenvalue weighted by atomic mass is 9.87. The Morgan fingerprint density at radius 3 is 2.33 bits per heavy atom. The van der Waals surface area contributed by atoms with Crippen LogP contribution in [0, 0.1) is 0 Å². The first-order valence-corrected chi connectivity index (χ1v) is 7.56. The number of nitrogens with one attached hydrogen (secondary N) is 1. The summed E-state index contributed by atoms with van der Waals surface area (Å²) in [5.74, 6) is 0.448. The minimum absolute atomic E-state index is 0.181. The van der Waals surface area contributed by atoms with E-state index < -0.39 is 0 Å². The predicted molar refractivity (Wildman–Crippen MR) is 92.9 cm³/mol. The number of rotatable bonds is 4. The molecule has 21 heavy (non-hydrogen) atoms. The van der Waals surface area contributed by atoms with Crippen LogP contribution in [0.25, 0.3) is 0 Å². The Balaban J connectivity index is 2.01. The first kappa shape index (κ1) is 15.4. The van der Waals surface area contributed by atoms with E-state index in [9.17, 15) is 0 Å². The minimum Gasteiger partial charge on any atom is -0.399 e. The molecule has 0 bridgehead atoms. The Bertz CT molecular complexity index is 579. The van der Waals surface area contributed by atoms with Crippen LogP contribution in [-0.4, -0.2) is 6.54 Å². The van der Waals surface area contributed by atoms with E-state index in [1.54, 1.807) is 0 Å². The lowest BCUT2D eigenvalue weighted by molar-refractivity contribution is 0.590. The van der Waals surface area contributed by atoms with E-state index >= 15 is 0 Å². The molecule has 2 nitrogen and oxygen atoms in total. The summed E-state index contributed by atoms with van der Waals surface area (Å²) in [4.78, 5) is 0. The maximum absolute atomic E-state index is 5.73. The number of anilines is 2. The summed E-state index contributed by atoms with van der Waals surface area (Å²) in [5.41, 5.74) is 10.6. The predicted octanol–water partition coefficient (Wildman–Crippen LogP) is 4.78. The van der Waals surface area contributed by atoms with Crippen LogP contribution in [0.2, 0.25) is 0 Å². The molecule has 2 heteroatoms. The molecular weight excluding hydrogens is 256 g/mol. The molecule has 0 aliphatic carbocycles. The van der Waals surface area contributed by atoms with E-state index in [0.29, 0.717) is 5.92 Å². The largest absolute Gasteiger partial charge is 0.399 e. The normalized spacial score (nSPS) is 13.0. The van der Waals surface area contributed by atoms with Crippen molar-refractivity contribution in [3.63, 3.8) is 0 Å². The molecule has 0 saturated carbocycles. The monoisotopic (exact) mass is 282 g/mol. The van der Waals surface area contributed by atoms with E-state index in [1.165, 1.54) is 16.8 Å². The van der Waals surface area contributed by atoms with Crippen molar-refractivity contribution < 1.29 is 0 Å². The van der Waals surface area contributed by atoms with Crippen LogP contribution in [0.5, 0.6) is 0 Å². The van der Waals surface area contributed by atoms with Gasteiger partial charge in [0.2, 0.25) is 0 Å². The quantitative estimate of drug-likeness (QED) is 0.792. The summed E-state index contributed by atoms with van der Waals surface area (Å²) in [6, 6.07) is 16.8. The first-order chi connectivity index (χ1) is 9.86. The summed E-state index contributed by atoms with van der Waals surface area (Å²) >= 11 is 0. The highest BCUT2D eigenvalue weighted by molar-refractivity contribution is 5.48. The fraction of sp³-hybridized carbons (Fsp3) is 0.368. The van der Waals surface area contributed by atoms with Gasteiger partial charge in [0.1, 0.15) is 0 Å². The highest BCUT2D eigenvalue weighted by atomic mass is 14.9. The molecule has 0 aromatic heterocycles. The fourth-order valence-electron chi connectivity index (χ4n) is 2.31. The zero-order valence-corrected chi connectivity index (χ0v) is 13.5. The molecule has 0 amide bonds. The van der Waals surface area contributed by atoms with Crippen LogP contribution in [0.1, 0.15) is 44.7 Å². The zero-order chi connectivity index (χ0) is 15.5. The van der Waals surface area contributed by atoms with E-state index in [4.69, 9.17) is 5.73 Å². The van der Waals surface area contributed by atoms with Gasteiger partial charge in [0, 0.05) is 17.9 Å². The lowest BCUT2D eigenvalue weighted by Crippen LogP contribution is -2.13. The molecule has 3 N–H and O–H groups in total. The smallest absolute Gasteiger partial charge is 0.0343 e. The second-order valence-corrected chi connectivity index (χ2v) is 6.78. The van der Waals surface area contributed by atoms with Gasteiger partial charge in [0.05, 0.1) is 0 Å². The Morgan fingerprint density at radius 2 is 1.71 bits per heavy atom. The number of benzene rings is 2. The van der Waals surface area contributed by atoms with Crippen LogP contribution >= 0.6 is 0 Å². The third-order valence-corrected chi connectivity index (χ3v) is 3.85. The number of nitrogen functional groups attached to an aromatic ring is 1. The Morgan fingerprint density at radius 1 is 1.05 bits per heavy atom. The Kier molecular flexibility index (Phi) is 4.56. The summed E-state index contributed by atoms with van der Waals surface area (Å²) < 4.78 is 0. The van der Waals surface area contributed by atoms with Crippen molar-refractivity contribution in [3.8, 4) is 0 Å². The molecule has 0 aliphatic heterocycles. The molecule has 0 aliphatic rings. The molecule has 2 aromatic carbocycles. The molecule has 0 spiro atoms. The molecule has 2 rings (SSSR count). The maximum atomic E-state index is 5.73.